The third-order valence-electron chi connectivity index (χ3n) is 6.92. The van der Waals surface area contributed by atoms with E-state index in [1.165, 1.54) is 11.0 Å². The molecule has 2 aromatic carbocycles. The Kier molecular flexibility index (Phi) is 11.2. The fraction of sp³-hybridized carbons (Fsp3) is 0.481. The van der Waals surface area contributed by atoms with Crippen LogP contribution in [0.4, 0.5) is 18.9 Å². The van der Waals surface area contributed by atoms with Gasteiger partial charge in [-0.15, -0.1) is 0 Å². The maximum absolute atomic E-state index is 13.8. The Morgan fingerprint density at radius 1 is 1.02 bits per heavy atom. The Morgan fingerprint density at radius 3 is 2.24 bits per heavy atom. The van der Waals surface area contributed by atoms with Crippen molar-refractivity contribution < 1.29 is 31.2 Å². The monoisotopic (exact) mass is 655 g/mol. The minimum atomic E-state index is -4.86. The van der Waals surface area contributed by atoms with E-state index in [2.05, 4.69) is 5.32 Å². The van der Waals surface area contributed by atoms with E-state index in [0.717, 1.165) is 50.5 Å². The average molecular weight is 657 g/mol. The van der Waals surface area contributed by atoms with Gasteiger partial charge < -0.3 is 10.2 Å². The molecule has 1 fully saturated rings. The molecule has 2 amide bonds. The van der Waals surface area contributed by atoms with E-state index in [-0.39, 0.29) is 24.0 Å². The lowest BCUT2D eigenvalue weighted by atomic mass is 9.95. The summed E-state index contributed by atoms with van der Waals surface area (Å²) in [6.45, 7) is 0.672. The molecule has 41 heavy (non-hydrogen) atoms. The highest BCUT2D eigenvalue weighted by molar-refractivity contribution is 7.92. The summed E-state index contributed by atoms with van der Waals surface area (Å²) in [4.78, 5) is 28.5. The van der Waals surface area contributed by atoms with Gasteiger partial charge in [-0.3, -0.25) is 13.9 Å². The predicted molar refractivity (Wildman–Crippen MR) is 155 cm³/mol. The Hall–Kier alpha value is -2.21. The molecule has 0 bridgehead atoms. The summed E-state index contributed by atoms with van der Waals surface area (Å²) >= 11 is 18.1. The fourth-order valence-corrected chi connectivity index (χ4v) is 6.33. The number of carbonyl (C=O) groups excluding carboxylic acids is 2. The first-order valence-electron chi connectivity index (χ1n) is 13.0. The van der Waals surface area contributed by atoms with Crippen molar-refractivity contribution in [1.29, 1.82) is 0 Å². The number of rotatable bonds is 10. The number of benzene rings is 2. The molecular weight excluding hydrogens is 626 g/mol. The minimum Gasteiger partial charge on any atom is -0.352 e. The van der Waals surface area contributed by atoms with E-state index in [1.54, 1.807) is 19.1 Å². The molecule has 0 saturated heterocycles. The van der Waals surface area contributed by atoms with Gasteiger partial charge in [0.05, 0.1) is 22.5 Å². The summed E-state index contributed by atoms with van der Waals surface area (Å²) in [7, 11) is -4.25. The van der Waals surface area contributed by atoms with Crippen LogP contribution in [0.15, 0.2) is 36.4 Å². The summed E-state index contributed by atoms with van der Waals surface area (Å²) in [6.07, 6.45) is 0.721. The van der Waals surface area contributed by atoms with Crippen LogP contribution >= 0.6 is 34.8 Å². The number of hydrogen-bond donors (Lipinski definition) is 1. The van der Waals surface area contributed by atoms with Gasteiger partial charge in [0.15, 0.2) is 0 Å². The molecule has 1 aliphatic carbocycles. The maximum atomic E-state index is 13.8. The Morgan fingerprint density at radius 2 is 1.68 bits per heavy atom. The van der Waals surface area contributed by atoms with Crippen molar-refractivity contribution in [2.45, 2.75) is 70.3 Å². The quantitative estimate of drug-likeness (QED) is 0.309. The zero-order valence-corrected chi connectivity index (χ0v) is 25.6. The lowest BCUT2D eigenvalue weighted by Gasteiger charge is -2.34. The van der Waals surface area contributed by atoms with Gasteiger partial charge >= 0.3 is 6.18 Å². The normalized spacial score (nSPS) is 15.3. The van der Waals surface area contributed by atoms with Crippen LogP contribution in [-0.4, -0.2) is 50.0 Å². The predicted octanol–water partition coefficient (Wildman–Crippen LogP) is 6.69. The van der Waals surface area contributed by atoms with E-state index in [4.69, 9.17) is 34.8 Å². The first-order chi connectivity index (χ1) is 19.1. The highest BCUT2D eigenvalue weighted by Crippen LogP contribution is 2.37. The van der Waals surface area contributed by atoms with Crippen LogP contribution < -0.4 is 9.62 Å². The number of amides is 2. The number of sulfonamides is 1. The van der Waals surface area contributed by atoms with Crippen LogP contribution in [0, 0.1) is 0 Å². The number of hydrogen-bond acceptors (Lipinski definition) is 4. The maximum Gasteiger partial charge on any atom is 0.417 e. The Labute approximate surface area is 253 Å². The molecule has 14 heteroatoms. The largest absolute Gasteiger partial charge is 0.417 e. The second kappa shape index (κ2) is 13.8. The average Bonchev–Trinajstić information content (AvgIpc) is 2.88. The summed E-state index contributed by atoms with van der Waals surface area (Å²) in [5.74, 6) is -1.22. The van der Waals surface area contributed by atoms with Gasteiger partial charge in [0.25, 0.3) is 0 Å². The van der Waals surface area contributed by atoms with Crippen LogP contribution in [0.3, 0.4) is 0 Å². The van der Waals surface area contributed by atoms with Gasteiger partial charge in [0, 0.05) is 22.6 Å². The number of alkyl halides is 3. The molecule has 0 radical (unpaired) electrons. The first kappa shape index (κ1) is 33.3. The molecule has 1 atom stereocenters. The number of halogens is 6. The lowest BCUT2D eigenvalue weighted by molar-refractivity contribution is -0.140. The van der Waals surface area contributed by atoms with Crippen molar-refractivity contribution in [2.24, 2.45) is 0 Å². The van der Waals surface area contributed by atoms with E-state index >= 15 is 0 Å². The number of carbonyl (C=O) groups is 2. The van der Waals surface area contributed by atoms with Gasteiger partial charge in [0.2, 0.25) is 21.8 Å². The topological polar surface area (TPSA) is 86.8 Å². The van der Waals surface area contributed by atoms with Crippen LogP contribution in [0.2, 0.25) is 15.1 Å². The van der Waals surface area contributed by atoms with Crippen molar-refractivity contribution in [3.05, 3.63) is 62.6 Å². The molecule has 7 nitrogen and oxygen atoms in total. The molecule has 1 unspecified atom stereocenters. The molecule has 0 aliphatic heterocycles. The highest BCUT2D eigenvalue weighted by Gasteiger charge is 2.36. The van der Waals surface area contributed by atoms with Gasteiger partial charge in [-0.05, 0) is 55.2 Å². The molecule has 0 heterocycles. The fourth-order valence-electron chi connectivity index (χ4n) is 4.80. The molecule has 1 N–H and O–H groups in total. The van der Waals surface area contributed by atoms with Gasteiger partial charge in [-0.25, -0.2) is 8.42 Å². The molecule has 1 saturated carbocycles. The van der Waals surface area contributed by atoms with Crippen LogP contribution in [0.25, 0.3) is 0 Å². The standard InChI is InChI=1S/C27H31Cl3F3N3O4S/c1-3-24(26(38)34-19-7-5-4-6-8-19)35(15-17-9-10-18(28)13-23(17)30)25(37)16-36(41(2,39)40)20-11-12-22(29)21(14-20)27(31,32)33/h9-14,19,24H,3-8,15-16H2,1-2H3,(H,34,38). The van der Waals surface area contributed by atoms with E-state index in [0.29, 0.717) is 21.0 Å². The minimum absolute atomic E-state index is 0.0521. The van der Waals surface area contributed by atoms with E-state index in [1.807, 2.05) is 0 Å². The zero-order chi connectivity index (χ0) is 30.5. The molecule has 0 spiro atoms. The number of anilines is 1. The molecule has 226 valence electrons. The summed E-state index contributed by atoms with van der Waals surface area (Å²) in [6, 6.07) is 6.13. The third kappa shape index (κ3) is 8.89. The van der Waals surface area contributed by atoms with Crippen molar-refractivity contribution in [3.8, 4) is 0 Å². The number of nitrogens with zero attached hydrogens (tertiary/aromatic N) is 2. The number of nitrogens with one attached hydrogen (secondary N) is 1. The van der Waals surface area contributed by atoms with Crippen LogP contribution in [0.1, 0.15) is 56.6 Å². The summed E-state index contributed by atoms with van der Waals surface area (Å²) in [5, 5.41) is 2.96. The van der Waals surface area contributed by atoms with Crippen molar-refractivity contribution in [1.82, 2.24) is 10.2 Å². The van der Waals surface area contributed by atoms with Gasteiger partial charge in [-0.2, -0.15) is 13.2 Å². The summed E-state index contributed by atoms with van der Waals surface area (Å²) in [5.41, 5.74) is -1.20. The Bertz CT molecular complexity index is 1370. The van der Waals surface area contributed by atoms with Crippen molar-refractivity contribution in [3.63, 3.8) is 0 Å². The second-order valence-corrected chi connectivity index (χ2v) is 13.1. The third-order valence-corrected chi connectivity index (χ3v) is 8.97. The molecule has 0 aromatic heterocycles. The SMILES string of the molecule is CCC(C(=O)NC1CCCCC1)N(Cc1ccc(Cl)cc1Cl)C(=O)CN(c1ccc(Cl)c(C(F)(F)F)c1)S(C)(=O)=O. The first-order valence-corrected chi connectivity index (χ1v) is 16.0. The van der Waals surface area contributed by atoms with Crippen LogP contribution in [-0.2, 0) is 32.3 Å². The molecular formula is C27H31Cl3F3N3O4S. The molecule has 2 aromatic rings. The van der Waals surface area contributed by atoms with E-state index < -0.39 is 56.9 Å². The van der Waals surface area contributed by atoms with Crippen LogP contribution in [0.5, 0.6) is 0 Å². The van der Waals surface area contributed by atoms with Gasteiger partial charge in [0.1, 0.15) is 12.6 Å². The van der Waals surface area contributed by atoms with Crippen molar-refractivity contribution >= 4 is 62.3 Å². The Balaban J connectivity index is 2.00. The smallest absolute Gasteiger partial charge is 0.352 e. The summed E-state index contributed by atoms with van der Waals surface area (Å²) < 4.78 is 66.6. The molecule has 1 aliphatic rings. The van der Waals surface area contributed by atoms with E-state index in [9.17, 15) is 31.2 Å². The van der Waals surface area contributed by atoms with Crippen molar-refractivity contribution in [2.75, 3.05) is 17.1 Å². The lowest BCUT2D eigenvalue weighted by Crippen LogP contribution is -2.54. The van der Waals surface area contributed by atoms with Gasteiger partial charge in [-0.1, -0.05) is 67.1 Å². The second-order valence-electron chi connectivity index (χ2n) is 9.96. The molecule has 3 rings (SSSR count). The highest BCUT2D eigenvalue weighted by atomic mass is 35.5. The zero-order valence-electron chi connectivity index (χ0n) is 22.5.